The van der Waals surface area contributed by atoms with E-state index in [1.54, 1.807) is 26.5 Å². The Labute approximate surface area is 593 Å². The summed E-state index contributed by atoms with van der Waals surface area (Å²) in [6.45, 7) is 18.8. The lowest BCUT2D eigenvalue weighted by Gasteiger charge is -2.34. The number of carbonyl (C=O) groups excluding carboxylic acids is 8. The lowest BCUT2D eigenvalue weighted by atomic mass is 9.98. The molecular formula is C75H144N8O11S2. The van der Waals surface area contributed by atoms with Crippen molar-refractivity contribution >= 4 is 68.9 Å². The number of aliphatic hydroxyl groups excluding tert-OH is 2. The summed E-state index contributed by atoms with van der Waals surface area (Å²) in [5.74, 6) is -2.01. The van der Waals surface area contributed by atoms with Gasteiger partial charge in [-0.25, -0.2) is 0 Å². The van der Waals surface area contributed by atoms with Crippen LogP contribution in [0.4, 0.5) is 0 Å². The molecule has 0 aromatic rings. The second-order valence-corrected chi connectivity index (χ2v) is 29.9. The third kappa shape index (κ3) is 46.6. The summed E-state index contributed by atoms with van der Waals surface area (Å²) in [6, 6.07) is -0.751. The molecule has 0 saturated carbocycles. The minimum Gasteiger partial charge on any atom is -0.464 e. The second kappa shape index (κ2) is 62.4. The smallest absolute Gasteiger partial charge is 0.305 e. The number of hydrogen-bond acceptors (Lipinski definition) is 14. The van der Waals surface area contributed by atoms with Gasteiger partial charge in [-0.05, 0) is 62.2 Å². The maximum absolute atomic E-state index is 15.4. The number of nitrogens with zero attached hydrogens (tertiary/aromatic N) is 6. The van der Waals surface area contributed by atoms with E-state index in [1.165, 1.54) is 102 Å². The largest absolute Gasteiger partial charge is 0.464 e. The molecule has 4 atom stereocenters. The number of nitrogens with two attached hydrogens (primary N) is 1. The van der Waals surface area contributed by atoms with Crippen LogP contribution in [-0.4, -0.2) is 209 Å². The molecule has 0 aliphatic rings. The molecule has 19 nitrogen and oxygen atoms in total. The Morgan fingerprint density at radius 1 is 0.375 bits per heavy atom. The van der Waals surface area contributed by atoms with Gasteiger partial charge in [0.15, 0.2) is 0 Å². The Morgan fingerprint density at radius 3 is 1.05 bits per heavy atom. The Morgan fingerprint density at radius 2 is 0.688 bits per heavy atom. The number of rotatable bonds is 67. The highest BCUT2D eigenvalue weighted by molar-refractivity contribution is 8.76. The lowest BCUT2D eigenvalue weighted by Crippen LogP contribution is -2.54. The van der Waals surface area contributed by atoms with Crippen molar-refractivity contribution < 1.29 is 53.3 Å². The van der Waals surface area contributed by atoms with Gasteiger partial charge >= 0.3 is 5.97 Å². The maximum Gasteiger partial charge on any atom is 0.305 e. The van der Waals surface area contributed by atoms with Crippen molar-refractivity contribution in [2.45, 2.75) is 294 Å². The Kier molecular flexibility index (Phi) is 60.0. The molecule has 96 heavy (non-hydrogen) atoms. The summed E-state index contributed by atoms with van der Waals surface area (Å²) < 4.78 is 5.78. The third-order valence-corrected chi connectivity index (χ3v) is 21.4. The van der Waals surface area contributed by atoms with Crippen molar-refractivity contribution in [1.82, 2.24) is 34.7 Å². The van der Waals surface area contributed by atoms with Crippen LogP contribution in [0.25, 0.3) is 0 Å². The highest BCUT2D eigenvalue weighted by atomic mass is 33.1. The molecule has 0 saturated heterocycles. The van der Waals surface area contributed by atoms with E-state index in [2.05, 4.69) is 67.6 Å². The first-order valence-electron chi connectivity index (χ1n) is 38.7. The predicted molar refractivity (Wildman–Crippen MR) is 398 cm³/mol. The van der Waals surface area contributed by atoms with E-state index in [0.29, 0.717) is 25.1 Å². The molecular weight excluding hydrogens is 1250 g/mol. The fourth-order valence-electron chi connectivity index (χ4n) is 12.0. The summed E-state index contributed by atoms with van der Waals surface area (Å²) in [6.07, 6.45) is 33.6. The standard InChI is InChI=1S/C75H144N8O11S2/c1-11-21-27-29-31-33-34-36-38-44-75(93)94-47-45-78(70(88)58-81(52-64(18-8)41-24-14-4)69(87)50-77-67(61-84)62-85)56-73(91)83(54-66(20-10)43-26-16-6)60-74(92)82(53-65(19-9)42-25-15-5)59-71(89)79(46-49-96-95-48-39-37-35-32-30-28-22-12-2)57-72(90)80(55-68(76)86)51-63(17-7)40-23-13-3/h63-67,77,84-85H,11-62H2,1-10H3,(H2,76,86). The van der Waals surface area contributed by atoms with Crippen molar-refractivity contribution in [3.63, 3.8) is 0 Å². The number of aliphatic hydroxyl groups is 2. The molecule has 0 radical (unpaired) electrons. The predicted octanol–water partition coefficient (Wildman–Crippen LogP) is 13.2. The number of nitrogens with one attached hydrogen (secondary N) is 1. The Bertz CT molecular complexity index is 2010. The van der Waals surface area contributed by atoms with Crippen LogP contribution in [0.2, 0.25) is 0 Å². The maximum atomic E-state index is 15.4. The molecule has 5 N–H and O–H groups in total. The normalized spacial score (nSPS) is 12.7. The Hall–Kier alpha value is -3.66. The number of carbonyl (C=O) groups is 8. The van der Waals surface area contributed by atoms with Crippen LogP contribution in [0.15, 0.2) is 0 Å². The average molecular weight is 1400 g/mol. The van der Waals surface area contributed by atoms with Gasteiger partial charge in [0.2, 0.25) is 41.4 Å². The van der Waals surface area contributed by atoms with Crippen LogP contribution < -0.4 is 11.1 Å². The summed E-state index contributed by atoms with van der Waals surface area (Å²) in [5.41, 5.74) is 5.78. The number of esters is 1. The topological polar surface area (TPSA) is 244 Å². The number of ether oxygens (including phenoxy) is 1. The van der Waals surface area contributed by atoms with Crippen molar-refractivity contribution in [2.75, 3.05) is 116 Å². The molecule has 0 rings (SSSR count). The first kappa shape index (κ1) is 92.3. The van der Waals surface area contributed by atoms with Crippen LogP contribution in [-0.2, 0) is 43.1 Å². The molecule has 0 aliphatic heterocycles. The summed E-state index contributed by atoms with van der Waals surface area (Å²) in [7, 11) is 3.42. The fraction of sp³-hybridized carbons (Fsp3) is 0.893. The molecule has 4 unspecified atom stereocenters. The van der Waals surface area contributed by atoms with Crippen LogP contribution >= 0.6 is 21.6 Å². The third-order valence-electron chi connectivity index (χ3n) is 18.9. The van der Waals surface area contributed by atoms with Crippen molar-refractivity contribution in [2.24, 2.45) is 29.4 Å². The van der Waals surface area contributed by atoms with Crippen molar-refractivity contribution in [3.05, 3.63) is 0 Å². The molecule has 0 bridgehead atoms. The first-order valence-corrected chi connectivity index (χ1v) is 41.2. The van der Waals surface area contributed by atoms with E-state index in [-0.39, 0.29) is 108 Å². The summed E-state index contributed by atoms with van der Waals surface area (Å²) in [4.78, 5) is 124. The highest BCUT2D eigenvalue weighted by Crippen LogP contribution is 2.25. The summed E-state index contributed by atoms with van der Waals surface area (Å²) in [5, 5.41) is 22.6. The van der Waals surface area contributed by atoms with Gasteiger partial charge in [0.1, 0.15) is 6.61 Å². The zero-order valence-electron chi connectivity index (χ0n) is 62.8. The average Bonchev–Trinajstić information content (AvgIpc) is 1.04. The van der Waals surface area contributed by atoms with E-state index < -0.39 is 73.8 Å². The van der Waals surface area contributed by atoms with E-state index in [4.69, 9.17) is 10.5 Å². The lowest BCUT2D eigenvalue weighted by molar-refractivity contribution is -0.150. The van der Waals surface area contributed by atoms with Crippen molar-refractivity contribution in [1.29, 1.82) is 0 Å². The molecule has 0 aliphatic carbocycles. The van der Waals surface area contributed by atoms with Gasteiger partial charge in [-0.3, -0.25) is 38.4 Å². The van der Waals surface area contributed by atoms with Crippen LogP contribution in [0.1, 0.15) is 288 Å². The van der Waals surface area contributed by atoms with Crippen LogP contribution in [0.3, 0.4) is 0 Å². The van der Waals surface area contributed by atoms with Crippen LogP contribution in [0.5, 0.6) is 0 Å². The second-order valence-electron chi connectivity index (χ2n) is 27.2. The number of unbranched alkanes of at least 4 members (excludes halogenated alkanes) is 19. The van der Waals surface area contributed by atoms with Gasteiger partial charge in [0.25, 0.3) is 0 Å². The first-order chi connectivity index (χ1) is 46.4. The monoisotopic (exact) mass is 1400 g/mol. The molecule has 562 valence electrons. The van der Waals surface area contributed by atoms with Gasteiger partial charge in [0.05, 0.1) is 71.6 Å². The number of hydrogen-bond donors (Lipinski definition) is 4. The number of amides is 7. The van der Waals surface area contributed by atoms with E-state index in [1.807, 2.05) is 6.92 Å². The van der Waals surface area contributed by atoms with Gasteiger partial charge < -0.3 is 55.4 Å². The summed E-state index contributed by atoms with van der Waals surface area (Å²) >= 11 is 0. The van der Waals surface area contributed by atoms with Crippen molar-refractivity contribution in [3.8, 4) is 0 Å². The molecule has 0 spiro atoms. The Balaban J connectivity index is 7.60. The minimum atomic E-state index is -0.751. The molecule has 0 aromatic carbocycles. The molecule has 0 aromatic heterocycles. The van der Waals surface area contributed by atoms with Gasteiger partial charge in [-0.2, -0.15) is 0 Å². The fourth-order valence-corrected chi connectivity index (χ4v) is 14.2. The molecule has 7 amide bonds. The number of primary amides is 1. The quantitative estimate of drug-likeness (QED) is 0.0251. The van der Waals surface area contributed by atoms with Crippen LogP contribution in [0, 0.1) is 23.7 Å². The van der Waals surface area contributed by atoms with Gasteiger partial charge in [-0.15, -0.1) is 0 Å². The zero-order chi connectivity index (χ0) is 71.6. The van der Waals surface area contributed by atoms with E-state index >= 15 is 14.4 Å². The van der Waals surface area contributed by atoms with Gasteiger partial charge in [0, 0.05) is 50.7 Å². The van der Waals surface area contributed by atoms with E-state index in [9.17, 15) is 34.2 Å². The highest BCUT2D eigenvalue weighted by Gasteiger charge is 2.33. The van der Waals surface area contributed by atoms with Gasteiger partial charge in [-0.1, -0.05) is 264 Å². The molecule has 0 fully saturated rings. The zero-order valence-corrected chi connectivity index (χ0v) is 64.4. The minimum absolute atomic E-state index is 0.00248. The molecule has 0 heterocycles. The SMILES string of the molecule is CCCCCCCCCCCC(=O)OCCN(CC(=O)N(CC(=O)N(CC(=O)N(CCSSCCCCCCCCCC)CC(=O)N(CC(N)=O)CC(CC)CCCC)CC(CC)CCCC)CC(CC)CCCC)C(=O)CN(CC(CC)CCCC)C(=O)CNC(CO)CO. The molecule has 21 heteroatoms. The van der Waals surface area contributed by atoms with E-state index in [0.717, 1.165) is 128 Å².